The molecule has 1 aliphatic heterocycles. The van der Waals surface area contributed by atoms with Gasteiger partial charge in [-0.1, -0.05) is 0 Å². The van der Waals surface area contributed by atoms with Crippen molar-refractivity contribution in [2.24, 2.45) is 5.73 Å². The van der Waals surface area contributed by atoms with Crippen molar-refractivity contribution in [1.82, 2.24) is 25.3 Å². The molecule has 2 aromatic heterocycles. The molecule has 0 spiro atoms. The molecule has 0 unspecified atom stereocenters. The van der Waals surface area contributed by atoms with E-state index >= 15 is 0 Å². The summed E-state index contributed by atoms with van der Waals surface area (Å²) in [5.74, 6) is 1.47. The van der Waals surface area contributed by atoms with Gasteiger partial charge >= 0.3 is 0 Å². The van der Waals surface area contributed by atoms with E-state index in [0.29, 0.717) is 17.1 Å². The number of nitrogens with one attached hydrogen (secondary N) is 2. The summed E-state index contributed by atoms with van der Waals surface area (Å²) in [5.41, 5.74) is 7.34. The maximum Gasteiger partial charge on any atom is 0.259 e. The maximum absolute atomic E-state index is 12.4. The molecule has 4 rings (SSSR count). The standard InChI is InChI=1S/C15H19N7OS.ClH/c16-15(2-1-3-15)7-17-14(23)10-6-22(4-5-24-10)13-11-12(19-8-18-11)20-9-21-13;/h6,8-9H,1-5,7,16H2,(H,17,23)(H,18,19,20,21);1H. The lowest BCUT2D eigenvalue weighted by molar-refractivity contribution is -0.117. The van der Waals surface area contributed by atoms with Crippen LogP contribution in [0.5, 0.6) is 0 Å². The van der Waals surface area contributed by atoms with Crippen LogP contribution in [-0.4, -0.2) is 50.2 Å². The first-order valence-corrected chi connectivity index (χ1v) is 8.96. The maximum atomic E-state index is 12.4. The van der Waals surface area contributed by atoms with Crippen LogP contribution in [0.3, 0.4) is 0 Å². The number of H-pyrrole nitrogens is 1. The van der Waals surface area contributed by atoms with Crippen LogP contribution in [0.15, 0.2) is 23.8 Å². The van der Waals surface area contributed by atoms with Gasteiger partial charge in [-0.05, 0) is 19.3 Å². The quantitative estimate of drug-likeness (QED) is 0.728. The van der Waals surface area contributed by atoms with Gasteiger partial charge in [0, 0.05) is 30.6 Å². The molecule has 1 aliphatic carbocycles. The number of fused-ring (bicyclic) bond motifs is 1. The van der Waals surface area contributed by atoms with Gasteiger partial charge in [-0.2, -0.15) is 0 Å². The number of rotatable bonds is 4. The normalized spacial score (nSPS) is 18.9. The van der Waals surface area contributed by atoms with Crippen LogP contribution in [0.2, 0.25) is 0 Å². The van der Waals surface area contributed by atoms with Crippen molar-refractivity contribution in [2.75, 3.05) is 23.7 Å². The average Bonchev–Trinajstić information content (AvgIpc) is 3.06. The SMILES string of the molecule is Cl.NC1(CNC(=O)C2=CN(c3ncnc4nc[nH]c34)CCS2)CCC1. The summed E-state index contributed by atoms with van der Waals surface area (Å²) in [7, 11) is 0. The fraction of sp³-hybridized carbons (Fsp3) is 0.467. The molecule has 0 bridgehead atoms. The summed E-state index contributed by atoms with van der Waals surface area (Å²) in [6.45, 7) is 1.30. The minimum atomic E-state index is -0.218. The molecule has 0 aromatic carbocycles. The molecule has 1 amide bonds. The molecular weight excluding hydrogens is 362 g/mol. The van der Waals surface area contributed by atoms with Gasteiger partial charge < -0.3 is 20.9 Å². The Morgan fingerprint density at radius 3 is 3.00 bits per heavy atom. The molecule has 134 valence electrons. The second-order valence-electron chi connectivity index (χ2n) is 6.23. The molecule has 3 heterocycles. The van der Waals surface area contributed by atoms with Gasteiger partial charge in [0.25, 0.3) is 5.91 Å². The minimum absolute atomic E-state index is 0. The van der Waals surface area contributed by atoms with Crippen molar-refractivity contribution in [3.63, 3.8) is 0 Å². The van der Waals surface area contributed by atoms with Crippen LogP contribution >= 0.6 is 24.2 Å². The van der Waals surface area contributed by atoms with Crippen molar-refractivity contribution in [1.29, 1.82) is 0 Å². The largest absolute Gasteiger partial charge is 0.350 e. The van der Waals surface area contributed by atoms with Crippen molar-refractivity contribution in [3.05, 3.63) is 23.8 Å². The topological polar surface area (TPSA) is 113 Å². The molecule has 8 nitrogen and oxygen atoms in total. The van der Waals surface area contributed by atoms with Gasteiger partial charge in [0.05, 0.1) is 11.2 Å². The van der Waals surface area contributed by atoms with E-state index in [-0.39, 0.29) is 23.9 Å². The van der Waals surface area contributed by atoms with E-state index in [9.17, 15) is 4.79 Å². The third kappa shape index (κ3) is 3.58. The Morgan fingerprint density at radius 2 is 2.24 bits per heavy atom. The van der Waals surface area contributed by atoms with Crippen LogP contribution < -0.4 is 16.0 Å². The number of nitrogens with two attached hydrogens (primary N) is 1. The number of halogens is 1. The van der Waals surface area contributed by atoms with Crippen molar-refractivity contribution < 1.29 is 4.79 Å². The molecule has 2 aliphatic rings. The summed E-state index contributed by atoms with van der Waals surface area (Å²) in [4.78, 5) is 30.8. The third-order valence-corrected chi connectivity index (χ3v) is 5.50. The smallest absolute Gasteiger partial charge is 0.259 e. The fourth-order valence-electron chi connectivity index (χ4n) is 2.91. The number of imidazole rings is 1. The molecule has 0 radical (unpaired) electrons. The number of carbonyl (C=O) groups is 1. The lowest BCUT2D eigenvalue weighted by Crippen LogP contribution is -2.55. The molecule has 0 atom stereocenters. The monoisotopic (exact) mass is 381 g/mol. The van der Waals surface area contributed by atoms with Crippen molar-refractivity contribution >= 4 is 47.1 Å². The number of hydrogen-bond acceptors (Lipinski definition) is 7. The van der Waals surface area contributed by atoms with E-state index in [0.717, 1.165) is 42.9 Å². The Labute approximate surface area is 155 Å². The minimum Gasteiger partial charge on any atom is -0.350 e. The van der Waals surface area contributed by atoms with Crippen LogP contribution in [0, 0.1) is 0 Å². The Balaban J connectivity index is 0.00000182. The number of anilines is 1. The predicted octanol–water partition coefficient (Wildman–Crippen LogP) is 1.17. The van der Waals surface area contributed by atoms with Crippen LogP contribution in [0.1, 0.15) is 19.3 Å². The summed E-state index contributed by atoms with van der Waals surface area (Å²) in [6.07, 6.45) is 8.02. The molecule has 1 saturated carbocycles. The van der Waals surface area contributed by atoms with E-state index in [1.165, 1.54) is 6.33 Å². The number of hydrogen-bond donors (Lipinski definition) is 3. The second kappa shape index (κ2) is 7.19. The number of nitrogens with zero attached hydrogens (tertiary/aromatic N) is 4. The van der Waals surface area contributed by atoms with Crippen molar-refractivity contribution in [2.45, 2.75) is 24.8 Å². The van der Waals surface area contributed by atoms with Crippen LogP contribution in [0.4, 0.5) is 5.82 Å². The molecule has 4 N–H and O–H groups in total. The number of amides is 1. The Hall–Kier alpha value is -1.84. The van der Waals surface area contributed by atoms with Crippen LogP contribution in [0.25, 0.3) is 11.2 Å². The summed E-state index contributed by atoms with van der Waals surface area (Å²) in [6, 6.07) is 0. The fourth-order valence-corrected chi connectivity index (χ4v) is 3.82. The Morgan fingerprint density at radius 1 is 1.40 bits per heavy atom. The molecular formula is C15H20ClN7OS. The van der Waals surface area contributed by atoms with Crippen LogP contribution in [-0.2, 0) is 4.79 Å². The molecule has 25 heavy (non-hydrogen) atoms. The lowest BCUT2D eigenvalue weighted by atomic mass is 9.78. The number of aromatic nitrogens is 4. The number of aromatic amines is 1. The zero-order chi connectivity index (χ0) is 16.6. The van der Waals surface area contributed by atoms with Gasteiger partial charge in [0.1, 0.15) is 11.8 Å². The van der Waals surface area contributed by atoms with Gasteiger partial charge in [0.15, 0.2) is 11.5 Å². The molecule has 2 aromatic rings. The van der Waals surface area contributed by atoms with Crippen molar-refractivity contribution in [3.8, 4) is 0 Å². The first-order valence-electron chi connectivity index (χ1n) is 7.97. The Kier molecular flexibility index (Phi) is 5.16. The van der Waals surface area contributed by atoms with Gasteiger partial charge in [-0.3, -0.25) is 4.79 Å². The van der Waals surface area contributed by atoms with E-state index < -0.39 is 0 Å². The van der Waals surface area contributed by atoms with E-state index in [1.807, 2.05) is 11.1 Å². The predicted molar refractivity (Wildman–Crippen MR) is 101 cm³/mol. The van der Waals surface area contributed by atoms with Gasteiger partial charge in [-0.15, -0.1) is 24.2 Å². The number of thioether (sulfide) groups is 1. The van der Waals surface area contributed by atoms with E-state index in [2.05, 4.69) is 25.3 Å². The zero-order valence-corrected chi connectivity index (χ0v) is 15.2. The van der Waals surface area contributed by atoms with E-state index in [4.69, 9.17) is 5.73 Å². The summed E-state index contributed by atoms with van der Waals surface area (Å²) in [5, 5.41) is 2.97. The highest BCUT2D eigenvalue weighted by atomic mass is 35.5. The zero-order valence-electron chi connectivity index (χ0n) is 13.6. The van der Waals surface area contributed by atoms with E-state index in [1.54, 1.807) is 18.1 Å². The highest BCUT2D eigenvalue weighted by Gasteiger charge is 2.33. The summed E-state index contributed by atoms with van der Waals surface area (Å²) < 4.78 is 0. The highest BCUT2D eigenvalue weighted by molar-refractivity contribution is 8.04. The second-order valence-corrected chi connectivity index (χ2v) is 7.37. The molecule has 10 heteroatoms. The first kappa shape index (κ1) is 18.0. The van der Waals surface area contributed by atoms with Gasteiger partial charge in [0.2, 0.25) is 0 Å². The molecule has 0 saturated heterocycles. The first-order chi connectivity index (χ1) is 11.6. The molecule has 1 fully saturated rings. The summed E-state index contributed by atoms with van der Waals surface area (Å²) >= 11 is 1.55. The highest BCUT2D eigenvalue weighted by Crippen LogP contribution is 2.30. The van der Waals surface area contributed by atoms with Gasteiger partial charge in [-0.25, -0.2) is 15.0 Å². The Bertz CT molecular complexity index is 804. The average molecular weight is 382 g/mol. The third-order valence-electron chi connectivity index (χ3n) is 4.51. The lowest BCUT2D eigenvalue weighted by Gasteiger charge is -2.38. The number of carbonyl (C=O) groups excluding carboxylic acids is 1.